The van der Waals surface area contributed by atoms with E-state index in [1.807, 2.05) is 0 Å². The maximum atomic E-state index is 9.03. The summed E-state index contributed by atoms with van der Waals surface area (Å²) in [6, 6.07) is 2.05. The molecule has 7 heteroatoms. The van der Waals surface area contributed by atoms with Gasteiger partial charge in [0.15, 0.2) is 5.76 Å². The molecular formula is C13H16N4O3. The highest BCUT2D eigenvalue weighted by atomic mass is 16.5. The van der Waals surface area contributed by atoms with E-state index in [1.54, 1.807) is 14.0 Å². The molecule has 0 bridgehead atoms. The molecule has 0 radical (unpaired) electrons. The molecule has 7 nitrogen and oxygen atoms in total. The summed E-state index contributed by atoms with van der Waals surface area (Å²) < 4.78 is 15.5. The average Bonchev–Trinajstić information content (AvgIpc) is 3.04. The molecule has 0 saturated heterocycles. The SMILES string of the molecule is CCCC(OC)c1noc(Cc2noc(C)c2C#N)n1. The van der Waals surface area contributed by atoms with Crippen molar-refractivity contribution in [3.63, 3.8) is 0 Å². The topological polar surface area (TPSA) is 98.0 Å². The summed E-state index contributed by atoms with van der Waals surface area (Å²) in [4.78, 5) is 4.29. The van der Waals surface area contributed by atoms with Crippen LogP contribution in [0.5, 0.6) is 0 Å². The number of nitrogens with zero attached hydrogens (tertiary/aromatic N) is 4. The van der Waals surface area contributed by atoms with Gasteiger partial charge in [-0.05, 0) is 13.3 Å². The first-order chi connectivity index (χ1) is 9.69. The minimum Gasteiger partial charge on any atom is -0.373 e. The quantitative estimate of drug-likeness (QED) is 0.798. The fourth-order valence-electron chi connectivity index (χ4n) is 1.91. The molecule has 20 heavy (non-hydrogen) atoms. The second-order valence-electron chi connectivity index (χ2n) is 4.41. The van der Waals surface area contributed by atoms with Crippen molar-refractivity contribution in [2.24, 2.45) is 0 Å². The van der Waals surface area contributed by atoms with Gasteiger partial charge in [-0.2, -0.15) is 10.2 Å². The number of hydrogen-bond acceptors (Lipinski definition) is 7. The van der Waals surface area contributed by atoms with Crippen LogP contribution in [0.15, 0.2) is 9.05 Å². The lowest BCUT2D eigenvalue weighted by atomic mass is 10.1. The lowest BCUT2D eigenvalue weighted by molar-refractivity contribution is 0.0854. The number of hydrogen-bond donors (Lipinski definition) is 0. The molecule has 2 heterocycles. The van der Waals surface area contributed by atoms with Gasteiger partial charge in [0.05, 0.1) is 6.42 Å². The van der Waals surface area contributed by atoms with Gasteiger partial charge in [0, 0.05) is 7.11 Å². The number of ether oxygens (including phenoxy) is 1. The van der Waals surface area contributed by atoms with Crippen molar-refractivity contribution < 1.29 is 13.8 Å². The van der Waals surface area contributed by atoms with Crippen LogP contribution in [-0.4, -0.2) is 22.4 Å². The van der Waals surface area contributed by atoms with Gasteiger partial charge in [-0.15, -0.1) is 0 Å². The van der Waals surface area contributed by atoms with Crippen molar-refractivity contribution in [2.45, 2.75) is 39.2 Å². The van der Waals surface area contributed by atoms with Crippen molar-refractivity contribution in [1.29, 1.82) is 5.26 Å². The van der Waals surface area contributed by atoms with Crippen LogP contribution >= 0.6 is 0 Å². The molecule has 0 fully saturated rings. The standard InChI is InChI=1S/C13H16N4O3/c1-4-5-11(18-3)13-15-12(20-17-13)6-10-9(7-14)8(2)19-16-10/h11H,4-6H2,1-3H3. The minimum atomic E-state index is -0.174. The molecule has 0 aliphatic rings. The summed E-state index contributed by atoms with van der Waals surface area (Å²) in [6.07, 6.45) is 1.88. The number of methoxy groups -OCH3 is 1. The third kappa shape index (κ3) is 2.86. The lowest BCUT2D eigenvalue weighted by Crippen LogP contribution is -2.03. The first-order valence-corrected chi connectivity index (χ1v) is 6.40. The largest absolute Gasteiger partial charge is 0.373 e. The maximum Gasteiger partial charge on any atom is 0.232 e. The van der Waals surface area contributed by atoms with Crippen molar-refractivity contribution in [3.05, 3.63) is 28.7 Å². The molecule has 1 atom stereocenters. The Kier molecular flexibility index (Phi) is 4.48. The van der Waals surface area contributed by atoms with E-state index >= 15 is 0 Å². The molecule has 0 amide bonds. The van der Waals surface area contributed by atoms with Gasteiger partial charge in [0.2, 0.25) is 11.7 Å². The Labute approximate surface area is 116 Å². The molecule has 0 N–H and O–H groups in total. The van der Waals surface area contributed by atoms with Gasteiger partial charge in [0.1, 0.15) is 23.4 Å². The van der Waals surface area contributed by atoms with E-state index in [2.05, 4.69) is 28.3 Å². The molecular weight excluding hydrogens is 260 g/mol. The highest BCUT2D eigenvalue weighted by molar-refractivity contribution is 5.36. The summed E-state index contributed by atoms with van der Waals surface area (Å²) in [5.74, 6) is 1.40. The van der Waals surface area contributed by atoms with E-state index in [0.29, 0.717) is 28.7 Å². The zero-order chi connectivity index (χ0) is 14.5. The molecule has 2 rings (SSSR count). The van der Waals surface area contributed by atoms with Crippen LogP contribution in [0.3, 0.4) is 0 Å². The molecule has 0 aromatic carbocycles. The van der Waals surface area contributed by atoms with Gasteiger partial charge < -0.3 is 13.8 Å². The van der Waals surface area contributed by atoms with E-state index < -0.39 is 0 Å². The summed E-state index contributed by atoms with van der Waals surface area (Å²) >= 11 is 0. The molecule has 1 unspecified atom stereocenters. The predicted molar refractivity (Wildman–Crippen MR) is 67.7 cm³/mol. The molecule has 0 saturated carbocycles. The van der Waals surface area contributed by atoms with Crippen molar-refractivity contribution in [3.8, 4) is 6.07 Å². The zero-order valence-electron chi connectivity index (χ0n) is 11.7. The van der Waals surface area contributed by atoms with Crippen LogP contribution in [0.1, 0.15) is 54.6 Å². The van der Waals surface area contributed by atoms with Crippen LogP contribution in [0.25, 0.3) is 0 Å². The molecule has 2 aromatic rings. The Morgan fingerprint density at radius 2 is 2.15 bits per heavy atom. The van der Waals surface area contributed by atoms with Crippen LogP contribution in [0, 0.1) is 18.3 Å². The van der Waals surface area contributed by atoms with Crippen LogP contribution in [0.2, 0.25) is 0 Å². The van der Waals surface area contributed by atoms with Gasteiger partial charge in [-0.3, -0.25) is 0 Å². The third-order valence-electron chi connectivity index (χ3n) is 2.97. The molecule has 2 aromatic heterocycles. The van der Waals surface area contributed by atoms with Gasteiger partial charge in [-0.1, -0.05) is 23.7 Å². The van der Waals surface area contributed by atoms with Crippen LogP contribution in [-0.2, 0) is 11.2 Å². The van der Waals surface area contributed by atoms with Crippen molar-refractivity contribution in [1.82, 2.24) is 15.3 Å². The summed E-state index contributed by atoms with van der Waals surface area (Å²) in [5, 5.41) is 16.8. The normalized spacial score (nSPS) is 12.3. The Morgan fingerprint density at radius 3 is 2.80 bits per heavy atom. The Bertz CT molecular complexity index is 611. The monoisotopic (exact) mass is 276 g/mol. The van der Waals surface area contributed by atoms with Crippen LogP contribution < -0.4 is 0 Å². The number of aromatic nitrogens is 3. The van der Waals surface area contributed by atoms with E-state index in [0.717, 1.165) is 12.8 Å². The molecule has 0 aliphatic heterocycles. The van der Waals surface area contributed by atoms with Gasteiger partial charge >= 0.3 is 0 Å². The molecule has 106 valence electrons. The first-order valence-electron chi connectivity index (χ1n) is 6.40. The highest BCUT2D eigenvalue weighted by Gasteiger charge is 2.20. The summed E-state index contributed by atoms with van der Waals surface area (Å²) in [5.41, 5.74) is 0.922. The van der Waals surface area contributed by atoms with E-state index in [4.69, 9.17) is 19.0 Å². The Morgan fingerprint density at radius 1 is 1.35 bits per heavy atom. The maximum absolute atomic E-state index is 9.03. The fourth-order valence-corrected chi connectivity index (χ4v) is 1.91. The minimum absolute atomic E-state index is 0.174. The zero-order valence-corrected chi connectivity index (χ0v) is 11.7. The second kappa shape index (κ2) is 6.30. The first kappa shape index (κ1) is 14.2. The highest BCUT2D eigenvalue weighted by Crippen LogP contribution is 2.20. The Balaban J connectivity index is 2.15. The van der Waals surface area contributed by atoms with Crippen LogP contribution in [0.4, 0.5) is 0 Å². The van der Waals surface area contributed by atoms with Gasteiger partial charge in [0.25, 0.3) is 0 Å². The third-order valence-corrected chi connectivity index (χ3v) is 2.97. The lowest BCUT2D eigenvalue weighted by Gasteiger charge is -2.08. The summed E-state index contributed by atoms with van der Waals surface area (Å²) in [7, 11) is 1.62. The predicted octanol–water partition coefficient (Wildman–Crippen LogP) is 2.32. The molecule has 0 aliphatic carbocycles. The van der Waals surface area contributed by atoms with E-state index in [9.17, 15) is 0 Å². The smallest absolute Gasteiger partial charge is 0.232 e. The van der Waals surface area contributed by atoms with Crippen molar-refractivity contribution in [2.75, 3.05) is 7.11 Å². The number of aryl methyl sites for hydroxylation is 1. The van der Waals surface area contributed by atoms with E-state index in [1.165, 1.54) is 0 Å². The number of rotatable bonds is 6. The van der Waals surface area contributed by atoms with E-state index in [-0.39, 0.29) is 12.5 Å². The van der Waals surface area contributed by atoms with Gasteiger partial charge in [-0.25, -0.2) is 0 Å². The summed E-state index contributed by atoms with van der Waals surface area (Å²) in [6.45, 7) is 3.75. The average molecular weight is 276 g/mol. The van der Waals surface area contributed by atoms with Crippen molar-refractivity contribution >= 4 is 0 Å². The Hall–Kier alpha value is -2.20. The second-order valence-corrected chi connectivity index (χ2v) is 4.41. The fraction of sp³-hybridized carbons (Fsp3) is 0.538. The molecule has 0 spiro atoms. The number of nitriles is 1.